The summed E-state index contributed by atoms with van der Waals surface area (Å²) in [6, 6.07) is 2.46. The molecule has 0 aromatic carbocycles. The van der Waals surface area contributed by atoms with Gasteiger partial charge < -0.3 is 10.3 Å². The zero-order chi connectivity index (χ0) is 10.3. The lowest BCUT2D eigenvalue weighted by molar-refractivity contribution is 0.111. The Bertz CT molecular complexity index is 515. The second-order valence-electron chi connectivity index (χ2n) is 3.72. The van der Waals surface area contributed by atoms with Gasteiger partial charge in [-0.25, -0.2) is 9.97 Å². The van der Waals surface area contributed by atoms with Gasteiger partial charge in [-0.15, -0.1) is 0 Å². The molecule has 1 fully saturated rings. The number of pyridine rings is 1. The average Bonchev–Trinajstić information content (AvgIpc) is 2.96. The van der Waals surface area contributed by atoms with Gasteiger partial charge in [-0.3, -0.25) is 4.79 Å². The number of hydrogen-bond acceptors (Lipinski definition) is 4. The van der Waals surface area contributed by atoms with Gasteiger partial charge in [0, 0.05) is 12.2 Å². The van der Waals surface area contributed by atoms with Crippen molar-refractivity contribution in [3.8, 4) is 0 Å². The predicted octanol–water partition coefficient (Wildman–Crippen LogP) is 1.34. The largest absolute Gasteiger partial charge is 0.380 e. The Labute approximate surface area is 85.9 Å². The third-order valence-corrected chi connectivity index (χ3v) is 2.46. The fourth-order valence-corrected chi connectivity index (χ4v) is 1.55. The Balaban J connectivity index is 2.10. The van der Waals surface area contributed by atoms with E-state index in [1.54, 1.807) is 6.20 Å². The molecule has 1 saturated carbocycles. The van der Waals surface area contributed by atoms with Gasteiger partial charge in [0.2, 0.25) is 0 Å². The molecule has 0 amide bonds. The molecule has 1 aliphatic carbocycles. The smallest absolute Gasteiger partial charge is 0.185 e. The first-order chi connectivity index (χ1) is 7.36. The van der Waals surface area contributed by atoms with Crippen molar-refractivity contribution in [3.05, 3.63) is 18.1 Å². The van der Waals surface area contributed by atoms with Gasteiger partial charge >= 0.3 is 0 Å². The first-order valence-electron chi connectivity index (χ1n) is 4.93. The molecule has 0 aliphatic heterocycles. The van der Waals surface area contributed by atoms with E-state index in [9.17, 15) is 4.79 Å². The summed E-state index contributed by atoms with van der Waals surface area (Å²) in [7, 11) is 0. The van der Waals surface area contributed by atoms with Crippen molar-refractivity contribution in [3.63, 3.8) is 0 Å². The summed E-state index contributed by atoms with van der Waals surface area (Å²) >= 11 is 0. The Kier molecular flexibility index (Phi) is 1.71. The molecule has 0 unspecified atom stereocenters. The van der Waals surface area contributed by atoms with Crippen molar-refractivity contribution in [2.24, 2.45) is 0 Å². The number of aromatic amines is 1. The number of nitrogens with one attached hydrogen (secondary N) is 2. The lowest BCUT2D eigenvalue weighted by Crippen LogP contribution is -2.01. The monoisotopic (exact) mass is 202 g/mol. The third kappa shape index (κ3) is 1.45. The molecule has 0 spiro atoms. The predicted molar refractivity (Wildman–Crippen MR) is 55.9 cm³/mol. The van der Waals surface area contributed by atoms with E-state index in [0.29, 0.717) is 23.8 Å². The van der Waals surface area contributed by atoms with Gasteiger partial charge in [0.15, 0.2) is 17.8 Å². The third-order valence-electron chi connectivity index (χ3n) is 2.46. The molecule has 0 atom stereocenters. The number of rotatable bonds is 3. The fraction of sp³-hybridized carbons (Fsp3) is 0.300. The Morgan fingerprint density at radius 3 is 3.13 bits per heavy atom. The van der Waals surface area contributed by atoms with E-state index in [0.717, 1.165) is 11.2 Å². The van der Waals surface area contributed by atoms with Crippen LogP contribution in [-0.4, -0.2) is 27.3 Å². The molecule has 2 heterocycles. The Morgan fingerprint density at radius 1 is 1.53 bits per heavy atom. The average molecular weight is 202 g/mol. The van der Waals surface area contributed by atoms with Crippen LogP contribution in [0.4, 0.5) is 5.69 Å². The van der Waals surface area contributed by atoms with Crippen molar-refractivity contribution in [1.82, 2.24) is 15.0 Å². The van der Waals surface area contributed by atoms with Crippen LogP contribution in [0.1, 0.15) is 23.5 Å². The van der Waals surface area contributed by atoms with Gasteiger partial charge in [-0.05, 0) is 18.9 Å². The van der Waals surface area contributed by atoms with Crippen LogP contribution in [0, 0.1) is 0 Å². The minimum Gasteiger partial charge on any atom is -0.380 e. The summed E-state index contributed by atoms with van der Waals surface area (Å²) < 4.78 is 0. The molecule has 1 aliphatic rings. The molecule has 0 bridgehead atoms. The molecule has 2 aromatic heterocycles. The lowest BCUT2D eigenvalue weighted by Gasteiger charge is -2.03. The van der Waals surface area contributed by atoms with Crippen LogP contribution >= 0.6 is 0 Å². The van der Waals surface area contributed by atoms with Crippen molar-refractivity contribution in [1.29, 1.82) is 0 Å². The number of carbonyl (C=O) groups is 1. The van der Waals surface area contributed by atoms with Crippen LogP contribution in [0.3, 0.4) is 0 Å². The molecule has 15 heavy (non-hydrogen) atoms. The van der Waals surface area contributed by atoms with Gasteiger partial charge in [-0.1, -0.05) is 0 Å². The molecule has 0 radical (unpaired) electrons. The highest BCUT2D eigenvalue weighted by Crippen LogP contribution is 2.27. The minimum atomic E-state index is 0.322. The fourth-order valence-electron chi connectivity index (χ4n) is 1.55. The number of aldehydes is 1. The first-order valence-corrected chi connectivity index (χ1v) is 4.93. The Hall–Kier alpha value is -1.91. The number of fused-ring (bicyclic) bond motifs is 1. The van der Waals surface area contributed by atoms with Crippen LogP contribution in [0.5, 0.6) is 0 Å². The zero-order valence-electron chi connectivity index (χ0n) is 8.03. The molecule has 3 rings (SSSR count). The second kappa shape index (κ2) is 3.05. The van der Waals surface area contributed by atoms with E-state index in [1.807, 2.05) is 6.07 Å². The maximum Gasteiger partial charge on any atom is 0.185 e. The molecular formula is C10H10N4O. The summed E-state index contributed by atoms with van der Waals surface area (Å²) in [6.45, 7) is 0. The summed E-state index contributed by atoms with van der Waals surface area (Å²) in [5.41, 5.74) is 2.37. The molecule has 0 saturated heterocycles. The van der Waals surface area contributed by atoms with E-state index in [-0.39, 0.29) is 0 Å². The minimum absolute atomic E-state index is 0.322. The van der Waals surface area contributed by atoms with Gasteiger partial charge in [0.05, 0.1) is 5.69 Å². The van der Waals surface area contributed by atoms with Gasteiger partial charge in [0.25, 0.3) is 0 Å². The Morgan fingerprint density at radius 2 is 2.40 bits per heavy atom. The van der Waals surface area contributed by atoms with E-state index in [4.69, 9.17) is 0 Å². The van der Waals surface area contributed by atoms with Crippen molar-refractivity contribution < 1.29 is 4.79 Å². The number of imidazole rings is 1. The molecule has 5 heteroatoms. The van der Waals surface area contributed by atoms with Crippen molar-refractivity contribution >= 4 is 23.1 Å². The summed E-state index contributed by atoms with van der Waals surface area (Å²) in [5.74, 6) is 0.322. The standard InChI is InChI=1S/C10H10N4O/c15-5-8-13-9-7(12-6-1-2-6)3-4-11-10(9)14-8/h3-6H,1-2H2,(H2,11,12,13,14). The van der Waals surface area contributed by atoms with Crippen LogP contribution in [0.15, 0.2) is 12.3 Å². The molecule has 5 nitrogen and oxygen atoms in total. The second-order valence-corrected chi connectivity index (χ2v) is 3.72. The van der Waals surface area contributed by atoms with E-state index in [2.05, 4.69) is 20.3 Å². The number of H-pyrrole nitrogens is 1. The highest BCUT2D eigenvalue weighted by Gasteiger charge is 2.22. The summed E-state index contributed by atoms with van der Waals surface area (Å²) in [4.78, 5) is 21.7. The van der Waals surface area contributed by atoms with Crippen molar-refractivity contribution in [2.75, 3.05) is 5.32 Å². The lowest BCUT2D eigenvalue weighted by atomic mass is 10.3. The SMILES string of the molecule is O=Cc1nc2nccc(NC3CC3)c2[nH]1. The molecular weight excluding hydrogens is 192 g/mol. The van der Waals surface area contributed by atoms with Crippen LogP contribution < -0.4 is 5.32 Å². The summed E-state index contributed by atoms with van der Waals surface area (Å²) in [5, 5.41) is 3.37. The number of anilines is 1. The number of hydrogen-bond donors (Lipinski definition) is 2. The van der Waals surface area contributed by atoms with Crippen LogP contribution in [0.25, 0.3) is 11.2 Å². The summed E-state index contributed by atoms with van der Waals surface area (Å²) in [6.07, 6.45) is 4.81. The maximum absolute atomic E-state index is 10.6. The van der Waals surface area contributed by atoms with Crippen molar-refractivity contribution in [2.45, 2.75) is 18.9 Å². The van der Waals surface area contributed by atoms with Gasteiger partial charge in [-0.2, -0.15) is 0 Å². The molecule has 2 aromatic rings. The van der Waals surface area contributed by atoms with E-state index >= 15 is 0 Å². The van der Waals surface area contributed by atoms with Crippen LogP contribution in [0.2, 0.25) is 0 Å². The quantitative estimate of drug-likeness (QED) is 0.737. The molecule has 2 N–H and O–H groups in total. The zero-order valence-corrected chi connectivity index (χ0v) is 8.03. The highest BCUT2D eigenvalue weighted by atomic mass is 16.1. The first kappa shape index (κ1) is 8.40. The topological polar surface area (TPSA) is 70.7 Å². The van der Waals surface area contributed by atoms with E-state index < -0.39 is 0 Å². The normalized spacial score (nSPS) is 15.5. The maximum atomic E-state index is 10.6. The van der Waals surface area contributed by atoms with Crippen LogP contribution in [-0.2, 0) is 0 Å². The highest BCUT2D eigenvalue weighted by molar-refractivity contribution is 5.88. The number of nitrogens with zero attached hydrogens (tertiary/aromatic N) is 2. The number of aromatic nitrogens is 3. The number of carbonyl (C=O) groups excluding carboxylic acids is 1. The van der Waals surface area contributed by atoms with Gasteiger partial charge in [0.1, 0.15) is 5.52 Å². The molecule has 76 valence electrons. The van der Waals surface area contributed by atoms with E-state index in [1.165, 1.54) is 12.8 Å².